The molecule has 0 radical (unpaired) electrons. The maximum absolute atomic E-state index is 8.50. The van der Waals surface area contributed by atoms with Crippen molar-refractivity contribution in [2.75, 3.05) is 17.7 Å². The molecule has 0 saturated carbocycles. The molecular formula is C11H13N3O. The van der Waals surface area contributed by atoms with Gasteiger partial charge in [-0.3, -0.25) is 0 Å². The second-order valence-corrected chi connectivity index (χ2v) is 3.57. The van der Waals surface area contributed by atoms with E-state index >= 15 is 0 Å². The molecule has 15 heavy (non-hydrogen) atoms. The average molecular weight is 203 g/mol. The third-order valence-corrected chi connectivity index (χ3v) is 2.44. The lowest BCUT2D eigenvalue weighted by atomic mass is 10.1. The van der Waals surface area contributed by atoms with Crippen molar-refractivity contribution < 1.29 is 4.74 Å². The van der Waals surface area contributed by atoms with Crippen LogP contribution in [0.5, 0.6) is 5.75 Å². The van der Waals surface area contributed by atoms with E-state index in [0.29, 0.717) is 18.7 Å². The fourth-order valence-electron chi connectivity index (χ4n) is 1.67. The third-order valence-electron chi connectivity index (χ3n) is 2.44. The molecule has 1 atom stereocenters. The van der Waals surface area contributed by atoms with Gasteiger partial charge in [0.25, 0.3) is 0 Å². The van der Waals surface area contributed by atoms with E-state index in [1.165, 1.54) is 0 Å². The number of hydrogen-bond donors (Lipinski definition) is 2. The summed E-state index contributed by atoms with van der Waals surface area (Å²) in [7, 11) is 0. The molecule has 0 saturated heterocycles. The molecule has 1 unspecified atom stereocenters. The molecule has 2 rings (SSSR count). The summed E-state index contributed by atoms with van der Waals surface area (Å²) in [5.41, 5.74) is 7.34. The Morgan fingerprint density at radius 1 is 1.60 bits per heavy atom. The second-order valence-electron chi connectivity index (χ2n) is 3.57. The molecule has 78 valence electrons. The SMILES string of the molecule is N#CCCC1COc2c(N)cccc2N1. The van der Waals surface area contributed by atoms with E-state index in [1.54, 1.807) is 0 Å². The molecule has 1 aliphatic heterocycles. The minimum atomic E-state index is 0.207. The Balaban J connectivity index is 2.11. The van der Waals surface area contributed by atoms with Gasteiger partial charge in [-0.2, -0.15) is 5.26 Å². The summed E-state index contributed by atoms with van der Waals surface area (Å²) in [5.74, 6) is 0.728. The Morgan fingerprint density at radius 3 is 3.27 bits per heavy atom. The first-order valence-corrected chi connectivity index (χ1v) is 4.96. The van der Waals surface area contributed by atoms with E-state index in [2.05, 4.69) is 11.4 Å². The zero-order valence-electron chi connectivity index (χ0n) is 8.36. The van der Waals surface area contributed by atoms with Gasteiger partial charge in [-0.15, -0.1) is 0 Å². The molecule has 1 aliphatic rings. The number of benzene rings is 1. The number of hydrogen-bond acceptors (Lipinski definition) is 4. The number of nitrogens with two attached hydrogens (primary N) is 1. The van der Waals surface area contributed by atoms with E-state index in [4.69, 9.17) is 15.7 Å². The smallest absolute Gasteiger partial charge is 0.165 e. The van der Waals surface area contributed by atoms with Crippen molar-refractivity contribution in [3.63, 3.8) is 0 Å². The van der Waals surface area contributed by atoms with Crippen molar-refractivity contribution >= 4 is 11.4 Å². The summed E-state index contributed by atoms with van der Waals surface area (Å²) < 4.78 is 5.57. The minimum absolute atomic E-state index is 0.207. The van der Waals surface area contributed by atoms with Gasteiger partial charge in [0, 0.05) is 6.42 Å². The van der Waals surface area contributed by atoms with Gasteiger partial charge in [-0.25, -0.2) is 0 Å². The van der Waals surface area contributed by atoms with Gasteiger partial charge in [0.15, 0.2) is 5.75 Å². The standard InChI is InChI=1S/C11H13N3O/c12-6-2-3-8-7-15-11-9(13)4-1-5-10(11)14-8/h1,4-5,8,14H,2-3,7,13H2. The molecule has 3 N–H and O–H groups in total. The predicted octanol–water partition coefficient (Wildman–Crippen LogP) is 1.75. The molecule has 1 aromatic rings. The van der Waals surface area contributed by atoms with Crippen molar-refractivity contribution in [3.05, 3.63) is 18.2 Å². The van der Waals surface area contributed by atoms with Crippen LogP contribution in [-0.2, 0) is 0 Å². The minimum Gasteiger partial charge on any atom is -0.487 e. The summed E-state index contributed by atoms with van der Waals surface area (Å²) >= 11 is 0. The molecular weight excluding hydrogens is 190 g/mol. The molecule has 1 heterocycles. The normalized spacial score (nSPS) is 18.2. The predicted molar refractivity (Wildman–Crippen MR) is 58.6 cm³/mol. The van der Waals surface area contributed by atoms with E-state index in [-0.39, 0.29) is 6.04 Å². The van der Waals surface area contributed by atoms with Crippen molar-refractivity contribution in [1.82, 2.24) is 0 Å². The maximum Gasteiger partial charge on any atom is 0.165 e. The van der Waals surface area contributed by atoms with Crippen molar-refractivity contribution in [2.24, 2.45) is 0 Å². The summed E-state index contributed by atoms with van der Waals surface area (Å²) in [6.07, 6.45) is 1.34. The Kier molecular flexibility index (Phi) is 2.64. The van der Waals surface area contributed by atoms with Crippen molar-refractivity contribution in [3.8, 4) is 11.8 Å². The maximum atomic E-state index is 8.50. The highest BCUT2D eigenvalue weighted by atomic mass is 16.5. The monoisotopic (exact) mass is 203 g/mol. The number of rotatable bonds is 2. The highest BCUT2D eigenvalue weighted by molar-refractivity contribution is 5.70. The lowest BCUT2D eigenvalue weighted by Crippen LogP contribution is -2.31. The lowest BCUT2D eigenvalue weighted by Gasteiger charge is -2.27. The van der Waals surface area contributed by atoms with Crippen LogP contribution in [0.4, 0.5) is 11.4 Å². The summed E-state index contributed by atoms with van der Waals surface area (Å²) in [4.78, 5) is 0. The molecule has 0 fully saturated rings. The van der Waals surface area contributed by atoms with Crippen LogP contribution >= 0.6 is 0 Å². The van der Waals surface area contributed by atoms with Crippen LogP contribution in [0.3, 0.4) is 0 Å². The summed E-state index contributed by atoms with van der Waals surface area (Å²) in [5, 5.41) is 11.8. The van der Waals surface area contributed by atoms with Gasteiger partial charge >= 0.3 is 0 Å². The van der Waals surface area contributed by atoms with Gasteiger partial charge in [0.05, 0.1) is 23.5 Å². The van der Waals surface area contributed by atoms with Gasteiger partial charge < -0.3 is 15.8 Å². The Labute approximate surface area is 88.6 Å². The number of ether oxygens (including phenoxy) is 1. The highest BCUT2D eigenvalue weighted by Gasteiger charge is 2.19. The van der Waals surface area contributed by atoms with Crippen LogP contribution in [0.2, 0.25) is 0 Å². The number of nitrogen functional groups attached to an aromatic ring is 1. The number of nitrogens with zero attached hydrogens (tertiary/aromatic N) is 1. The molecule has 0 bridgehead atoms. The van der Waals surface area contributed by atoms with Crippen LogP contribution in [0.1, 0.15) is 12.8 Å². The van der Waals surface area contributed by atoms with Crippen LogP contribution in [0.15, 0.2) is 18.2 Å². The van der Waals surface area contributed by atoms with Gasteiger partial charge in [0.2, 0.25) is 0 Å². The van der Waals surface area contributed by atoms with E-state index in [0.717, 1.165) is 17.9 Å². The quantitative estimate of drug-likeness (QED) is 0.718. The highest BCUT2D eigenvalue weighted by Crippen LogP contribution is 2.34. The zero-order chi connectivity index (χ0) is 10.7. The number of nitriles is 1. The number of para-hydroxylation sites is 1. The van der Waals surface area contributed by atoms with Gasteiger partial charge in [0.1, 0.15) is 6.61 Å². The molecule has 0 aromatic heterocycles. The average Bonchev–Trinajstić information content (AvgIpc) is 2.26. The van der Waals surface area contributed by atoms with Crippen LogP contribution < -0.4 is 15.8 Å². The van der Waals surface area contributed by atoms with Crippen LogP contribution in [0.25, 0.3) is 0 Å². The number of nitrogens with one attached hydrogen (secondary N) is 1. The molecule has 0 amide bonds. The van der Waals surface area contributed by atoms with Crippen LogP contribution in [-0.4, -0.2) is 12.6 Å². The number of fused-ring (bicyclic) bond motifs is 1. The first-order valence-electron chi connectivity index (χ1n) is 4.96. The Bertz CT molecular complexity index is 397. The lowest BCUT2D eigenvalue weighted by molar-refractivity contribution is 0.281. The van der Waals surface area contributed by atoms with Crippen molar-refractivity contribution in [1.29, 1.82) is 5.26 Å². The molecule has 0 spiro atoms. The fourth-order valence-corrected chi connectivity index (χ4v) is 1.67. The van der Waals surface area contributed by atoms with E-state index in [1.807, 2.05) is 18.2 Å². The van der Waals surface area contributed by atoms with Gasteiger partial charge in [-0.05, 0) is 18.6 Å². The van der Waals surface area contributed by atoms with E-state index < -0.39 is 0 Å². The first-order chi connectivity index (χ1) is 7.31. The largest absolute Gasteiger partial charge is 0.487 e. The summed E-state index contributed by atoms with van der Waals surface area (Å²) in [6.45, 7) is 0.572. The fraction of sp³-hybridized carbons (Fsp3) is 0.364. The zero-order valence-corrected chi connectivity index (χ0v) is 8.36. The summed E-state index contributed by atoms with van der Waals surface area (Å²) in [6, 6.07) is 7.97. The third kappa shape index (κ3) is 1.96. The first kappa shape index (κ1) is 9.66. The Hall–Kier alpha value is -1.89. The number of anilines is 2. The molecule has 4 nitrogen and oxygen atoms in total. The molecule has 0 aliphatic carbocycles. The molecule has 1 aromatic carbocycles. The Morgan fingerprint density at radius 2 is 2.47 bits per heavy atom. The second kappa shape index (κ2) is 4.09. The van der Waals surface area contributed by atoms with Crippen LogP contribution in [0, 0.1) is 11.3 Å². The van der Waals surface area contributed by atoms with Gasteiger partial charge in [-0.1, -0.05) is 6.07 Å². The topological polar surface area (TPSA) is 71.1 Å². The van der Waals surface area contributed by atoms with Crippen molar-refractivity contribution in [2.45, 2.75) is 18.9 Å². The van der Waals surface area contributed by atoms with E-state index in [9.17, 15) is 0 Å². The molecule has 4 heteroatoms.